The lowest BCUT2D eigenvalue weighted by Gasteiger charge is -2.36. The average molecular weight is 572 g/mol. The third kappa shape index (κ3) is 4.84. The molecule has 4 rings (SSSR count). The number of halogens is 1. The van der Waals surface area contributed by atoms with E-state index in [0.717, 1.165) is 11.1 Å². The van der Waals surface area contributed by atoms with E-state index in [4.69, 9.17) is 28.7 Å². The summed E-state index contributed by atoms with van der Waals surface area (Å²) in [6.45, 7) is 1.80. The normalized spacial score (nSPS) is 21.1. The molecule has 1 aliphatic heterocycles. The van der Waals surface area contributed by atoms with Crippen molar-refractivity contribution in [2.75, 3.05) is 35.5 Å². The number of carbonyl (C=O) groups excluding carboxylic acids is 2. The van der Waals surface area contributed by atoms with Gasteiger partial charge >= 0.3 is 5.97 Å². The van der Waals surface area contributed by atoms with Gasteiger partial charge in [0.2, 0.25) is 0 Å². The summed E-state index contributed by atoms with van der Waals surface area (Å²) in [7, 11) is 7.61. The van der Waals surface area contributed by atoms with Crippen LogP contribution in [0.25, 0.3) is 0 Å². The van der Waals surface area contributed by atoms with E-state index in [1.54, 1.807) is 41.4 Å². The van der Waals surface area contributed by atoms with E-state index < -0.39 is 17.8 Å². The fraction of sp³-hybridized carbons (Fsp3) is 0.393. The lowest BCUT2D eigenvalue weighted by atomic mass is 9.69. The highest BCUT2D eigenvalue weighted by molar-refractivity contribution is 9.10. The molecule has 0 saturated heterocycles. The van der Waals surface area contributed by atoms with Crippen molar-refractivity contribution in [1.29, 1.82) is 0 Å². The largest absolute Gasteiger partial charge is 0.493 e. The molecule has 0 amide bonds. The van der Waals surface area contributed by atoms with Crippen molar-refractivity contribution < 1.29 is 33.3 Å². The molecule has 0 aromatic heterocycles. The van der Waals surface area contributed by atoms with Gasteiger partial charge in [-0.25, -0.2) is 0 Å². The number of benzene rings is 2. The van der Waals surface area contributed by atoms with Gasteiger partial charge < -0.3 is 23.7 Å². The number of Topliss-reactive ketones (excluding diaryl/α,β-unsaturated/α-hetero) is 1. The lowest BCUT2D eigenvalue weighted by Crippen LogP contribution is -2.37. The summed E-state index contributed by atoms with van der Waals surface area (Å²) in [5.41, 5.74) is 3.52. The smallest absolute Gasteiger partial charge is 0.315 e. The number of hydrogen-bond donors (Lipinski definition) is 0. The van der Waals surface area contributed by atoms with Gasteiger partial charge in [-0.2, -0.15) is 0 Å². The monoisotopic (exact) mass is 571 g/mol. The van der Waals surface area contributed by atoms with Gasteiger partial charge in [-0.15, -0.1) is 0 Å². The SMILES string of the molecule is COC(=O)C1C(C)=NC2=C(C(=O)C[C@H](c3ccc(OC)c(OC)c3)C2)[C@@H]1c1cc(Br)c(OC)c(OC)c1. The maximum absolute atomic E-state index is 13.8. The number of rotatable bonds is 7. The number of ketones is 1. The number of esters is 1. The number of allylic oxidation sites excluding steroid dienone is 2. The predicted molar refractivity (Wildman–Crippen MR) is 142 cm³/mol. The van der Waals surface area contributed by atoms with Crippen molar-refractivity contribution >= 4 is 33.4 Å². The standard InChI is InChI=1S/C28H30BrNO7/c1-14-24(28(32)37-6)25(17-9-18(29)27(36-5)23(13-17)35-4)26-19(30-14)10-16(11-20(26)31)15-7-8-21(33-2)22(12-15)34-3/h7-9,12-13,16,24-25H,10-11H2,1-6H3/t16-,24?,25-/m1/s1. The van der Waals surface area contributed by atoms with Gasteiger partial charge in [-0.05, 0) is 70.6 Å². The minimum atomic E-state index is -0.740. The van der Waals surface area contributed by atoms with Crippen molar-refractivity contribution in [2.24, 2.45) is 10.9 Å². The van der Waals surface area contributed by atoms with Crippen LogP contribution >= 0.6 is 15.9 Å². The molecule has 0 saturated carbocycles. The molecular weight excluding hydrogens is 542 g/mol. The third-order valence-corrected chi connectivity index (χ3v) is 7.63. The van der Waals surface area contributed by atoms with Crippen LogP contribution in [0.15, 0.2) is 51.1 Å². The molecule has 1 unspecified atom stereocenters. The van der Waals surface area contributed by atoms with Crippen LogP contribution in [0, 0.1) is 5.92 Å². The van der Waals surface area contributed by atoms with Gasteiger partial charge in [0.15, 0.2) is 28.8 Å². The van der Waals surface area contributed by atoms with E-state index in [2.05, 4.69) is 15.9 Å². The topological polar surface area (TPSA) is 92.7 Å². The first-order valence-electron chi connectivity index (χ1n) is 11.8. The highest BCUT2D eigenvalue weighted by atomic mass is 79.9. The molecule has 1 heterocycles. The Morgan fingerprint density at radius 2 is 1.57 bits per heavy atom. The summed E-state index contributed by atoms with van der Waals surface area (Å²) in [6, 6.07) is 9.36. The van der Waals surface area contributed by atoms with Gasteiger partial charge in [0.1, 0.15) is 5.92 Å². The fourth-order valence-corrected chi connectivity index (χ4v) is 5.93. The average Bonchev–Trinajstić information content (AvgIpc) is 2.90. The predicted octanol–water partition coefficient (Wildman–Crippen LogP) is 5.23. The highest BCUT2D eigenvalue weighted by Gasteiger charge is 2.45. The van der Waals surface area contributed by atoms with Gasteiger partial charge in [0.25, 0.3) is 0 Å². The first kappa shape index (κ1) is 26.7. The number of nitrogens with zero attached hydrogens (tertiary/aromatic N) is 1. The molecule has 9 heteroatoms. The minimum absolute atomic E-state index is 0.0536. The van der Waals surface area contributed by atoms with Crippen LogP contribution in [0.2, 0.25) is 0 Å². The van der Waals surface area contributed by atoms with Gasteiger partial charge in [-0.3, -0.25) is 14.6 Å². The van der Waals surface area contributed by atoms with E-state index in [1.165, 1.54) is 7.11 Å². The Kier molecular flexibility index (Phi) is 7.92. The van der Waals surface area contributed by atoms with E-state index in [-0.39, 0.29) is 18.1 Å². The Balaban J connectivity index is 1.84. The molecule has 0 bridgehead atoms. The molecule has 3 atom stereocenters. The number of methoxy groups -OCH3 is 5. The summed E-state index contributed by atoms with van der Waals surface area (Å²) < 4.78 is 27.7. The van der Waals surface area contributed by atoms with Gasteiger partial charge in [0.05, 0.1) is 40.0 Å². The Morgan fingerprint density at radius 3 is 2.19 bits per heavy atom. The van der Waals surface area contributed by atoms with Crippen LogP contribution in [-0.2, 0) is 14.3 Å². The zero-order valence-electron chi connectivity index (χ0n) is 21.7. The van der Waals surface area contributed by atoms with Crippen molar-refractivity contribution in [3.05, 3.63) is 57.2 Å². The molecular formula is C28H30BrNO7. The molecule has 2 aromatic carbocycles. The molecule has 196 valence electrons. The Bertz CT molecular complexity index is 1300. The Morgan fingerprint density at radius 1 is 0.892 bits per heavy atom. The van der Waals surface area contributed by atoms with Crippen molar-refractivity contribution in [2.45, 2.75) is 31.6 Å². The second kappa shape index (κ2) is 11.0. The molecule has 0 fully saturated rings. The molecule has 8 nitrogen and oxygen atoms in total. The van der Waals surface area contributed by atoms with Crippen molar-refractivity contribution in [1.82, 2.24) is 0 Å². The lowest BCUT2D eigenvalue weighted by molar-refractivity contribution is -0.143. The molecule has 0 radical (unpaired) electrons. The Hall–Kier alpha value is -3.33. The molecule has 0 N–H and O–H groups in total. The molecule has 2 aromatic rings. The summed E-state index contributed by atoms with van der Waals surface area (Å²) in [6.07, 6.45) is 0.828. The van der Waals surface area contributed by atoms with E-state index >= 15 is 0 Å². The van der Waals surface area contributed by atoms with E-state index in [1.807, 2.05) is 24.3 Å². The van der Waals surface area contributed by atoms with E-state index in [9.17, 15) is 9.59 Å². The van der Waals surface area contributed by atoms with Crippen molar-refractivity contribution in [3.63, 3.8) is 0 Å². The van der Waals surface area contributed by atoms with Crippen LogP contribution < -0.4 is 18.9 Å². The summed E-state index contributed by atoms with van der Waals surface area (Å²) in [4.78, 5) is 31.6. The second-order valence-corrected chi connectivity index (χ2v) is 9.83. The summed E-state index contributed by atoms with van der Waals surface area (Å²) in [5.74, 6) is 0.346. The number of hydrogen-bond acceptors (Lipinski definition) is 8. The maximum Gasteiger partial charge on any atom is 0.315 e. The third-order valence-electron chi connectivity index (χ3n) is 7.04. The molecule has 1 aliphatic carbocycles. The fourth-order valence-electron chi connectivity index (χ4n) is 5.31. The van der Waals surface area contributed by atoms with Crippen LogP contribution in [0.3, 0.4) is 0 Å². The first-order chi connectivity index (χ1) is 17.8. The molecule has 37 heavy (non-hydrogen) atoms. The molecule has 2 aliphatic rings. The highest BCUT2D eigenvalue weighted by Crippen LogP contribution is 2.49. The minimum Gasteiger partial charge on any atom is -0.493 e. The van der Waals surface area contributed by atoms with Gasteiger partial charge in [0, 0.05) is 29.3 Å². The number of carbonyl (C=O) groups is 2. The van der Waals surface area contributed by atoms with Crippen LogP contribution in [0.1, 0.15) is 42.7 Å². The summed E-state index contributed by atoms with van der Waals surface area (Å²) >= 11 is 3.55. The van der Waals surface area contributed by atoms with Crippen molar-refractivity contribution in [3.8, 4) is 23.0 Å². The first-order valence-corrected chi connectivity index (χ1v) is 12.6. The van der Waals surface area contributed by atoms with Crippen LogP contribution in [-0.4, -0.2) is 53.0 Å². The number of aliphatic imine (C=N–C) groups is 1. The van der Waals surface area contributed by atoms with Crippen LogP contribution in [0.4, 0.5) is 0 Å². The quantitative estimate of drug-likeness (QED) is 0.420. The van der Waals surface area contributed by atoms with Crippen LogP contribution in [0.5, 0.6) is 23.0 Å². The van der Waals surface area contributed by atoms with E-state index in [0.29, 0.717) is 50.9 Å². The summed E-state index contributed by atoms with van der Waals surface area (Å²) in [5, 5.41) is 0. The molecule has 0 spiro atoms. The second-order valence-electron chi connectivity index (χ2n) is 8.97. The van der Waals surface area contributed by atoms with Gasteiger partial charge in [-0.1, -0.05) is 6.07 Å². The zero-order valence-corrected chi connectivity index (χ0v) is 23.3. The zero-order chi connectivity index (χ0) is 26.9. The maximum atomic E-state index is 13.8. The number of ether oxygens (including phenoxy) is 5. The Labute approximate surface area is 224 Å².